The number of fused-ring (bicyclic) bond motifs is 1. The van der Waals surface area contributed by atoms with Crippen LogP contribution in [0.15, 0.2) is 47.8 Å². The number of amides is 1. The fourth-order valence-corrected chi connectivity index (χ4v) is 4.20. The number of carbonyl (C=O) groups excluding carboxylic acids is 1. The molecule has 1 aromatic heterocycles. The van der Waals surface area contributed by atoms with Crippen molar-refractivity contribution < 1.29 is 14.3 Å². The molecule has 144 valence electrons. The predicted octanol–water partition coefficient (Wildman–Crippen LogP) is 4.86. The lowest BCUT2D eigenvalue weighted by Crippen LogP contribution is -2.30. The molecule has 0 aliphatic carbocycles. The molecule has 1 atom stereocenters. The maximum Gasteiger partial charge on any atom is 0.240 e. The number of benzene rings is 2. The molecule has 2 aromatic carbocycles. The Hall–Kier alpha value is -2.64. The zero-order chi connectivity index (χ0) is 19.7. The quantitative estimate of drug-likeness (QED) is 0.608. The van der Waals surface area contributed by atoms with Crippen molar-refractivity contribution in [1.82, 2.24) is 9.88 Å². The Morgan fingerprint density at radius 3 is 2.75 bits per heavy atom. The highest BCUT2D eigenvalue weighted by Gasteiger charge is 2.18. The van der Waals surface area contributed by atoms with Gasteiger partial charge in [-0.05, 0) is 49.3 Å². The average Bonchev–Trinajstić information content (AvgIpc) is 3.29. The minimum atomic E-state index is -0.155. The Kier molecular flexibility index (Phi) is 5.19. The second kappa shape index (κ2) is 7.77. The standard InChI is InChI=1S/C21H20N2O3S2/c1-13-3-5-15(6-4-13)17-11-28-21(27)23(17)10-20(24)22-14(2)16-7-8-18-19(9-16)26-12-25-18/h3-9,11,14H,10,12H2,1-2H3,(H,22,24)/t14-/m1/s1. The molecule has 5 nitrogen and oxygen atoms in total. The van der Waals surface area contributed by atoms with Crippen molar-refractivity contribution in [2.75, 3.05) is 6.79 Å². The molecule has 0 unspecified atom stereocenters. The summed E-state index contributed by atoms with van der Waals surface area (Å²) >= 11 is 6.92. The molecule has 1 amide bonds. The number of nitrogens with zero attached hydrogens (tertiary/aromatic N) is 1. The van der Waals surface area contributed by atoms with E-state index in [4.69, 9.17) is 21.7 Å². The molecule has 1 aliphatic heterocycles. The molecule has 3 aromatic rings. The van der Waals surface area contributed by atoms with Gasteiger partial charge < -0.3 is 19.4 Å². The van der Waals surface area contributed by atoms with Crippen LogP contribution in [0, 0.1) is 10.9 Å². The van der Waals surface area contributed by atoms with E-state index < -0.39 is 0 Å². The number of ether oxygens (including phenoxy) is 2. The van der Waals surface area contributed by atoms with Crippen molar-refractivity contribution in [3.8, 4) is 22.8 Å². The second-order valence-electron chi connectivity index (χ2n) is 6.74. The van der Waals surface area contributed by atoms with Gasteiger partial charge in [0.25, 0.3) is 0 Å². The lowest BCUT2D eigenvalue weighted by molar-refractivity contribution is -0.122. The van der Waals surface area contributed by atoms with Crippen molar-refractivity contribution >= 4 is 29.5 Å². The monoisotopic (exact) mass is 412 g/mol. The zero-order valence-corrected chi connectivity index (χ0v) is 17.2. The Balaban J connectivity index is 1.49. The number of carbonyl (C=O) groups is 1. The SMILES string of the molecule is Cc1ccc(-c2csc(=S)n2CC(=O)N[C@H](C)c2ccc3c(c2)OCO3)cc1. The molecule has 0 fully saturated rings. The summed E-state index contributed by atoms with van der Waals surface area (Å²) in [6, 6.07) is 13.8. The molecule has 1 N–H and O–H groups in total. The first kappa shape index (κ1) is 18.7. The largest absolute Gasteiger partial charge is 0.454 e. The molecule has 0 bridgehead atoms. The molecular formula is C21H20N2O3S2. The van der Waals surface area contributed by atoms with Crippen LogP contribution in [-0.2, 0) is 11.3 Å². The maximum atomic E-state index is 12.7. The first-order chi connectivity index (χ1) is 13.5. The van der Waals surface area contributed by atoms with Gasteiger partial charge in [0.05, 0.1) is 11.7 Å². The smallest absolute Gasteiger partial charge is 0.240 e. The van der Waals surface area contributed by atoms with Crippen molar-refractivity contribution in [1.29, 1.82) is 0 Å². The molecule has 2 heterocycles. The summed E-state index contributed by atoms with van der Waals surface area (Å²) in [5.74, 6) is 1.35. The van der Waals surface area contributed by atoms with Gasteiger partial charge in [-0.1, -0.05) is 35.9 Å². The molecular weight excluding hydrogens is 392 g/mol. The Labute approximate surface area is 172 Å². The van der Waals surface area contributed by atoms with Crippen LogP contribution in [0.1, 0.15) is 24.1 Å². The van der Waals surface area contributed by atoms with E-state index in [-0.39, 0.29) is 25.3 Å². The first-order valence-electron chi connectivity index (χ1n) is 8.95. The average molecular weight is 413 g/mol. The van der Waals surface area contributed by atoms with Crippen molar-refractivity contribution in [3.05, 3.63) is 62.9 Å². The van der Waals surface area contributed by atoms with E-state index in [0.29, 0.717) is 9.70 Å². The Morgan fingerprint density at radius 1 is 1.21 bits per heavy atom. The number of nitrogens with one attached hydrogen (secondary N) is 1. The van der Waals surface area contributed by atoms with Gasteiger partial charge >= 0.3 is 0 Å². The third-order valence-corrected chi connectivity index (χ3v) is 5.98. The fraction of sp³-hybridized carbons (Fsp3) is 0.238. The number of rotatable bonds is 5. The minimum Gasteiger partial charge on any atom is -0.454 e. The van der Waals surface area contributed by atoms with Gasteiger partial charge in [0.2, 0.25) is 12.7 Å². The van der Waals surface area contributed by atoms with Gasteiger partial charge in [0, 0.05) is 5.38 Å². The summed E-state index contributed by atoms with van der Waals surface area (Å²) in [6.07, 6.45) is 0. The van der Waals surface area contributed by atoms with Crippen LogP contribution < -0.4 is 14.8 Å². The van der Waals surface area contributed by atoms with E-state index >= 15 is 0 Å². The molecule has 0 radical (unpaired) electrons. The van der Waals surface area contributed by atoms with Gasteiger partial charge in [-0.3, -0.25) is 4.79 Å². The number of hydrogen-bond acceptors (Lipinski definition) is 5. The van der Waals surface area contributed by atoms with Crippen LogP contribution in [0.5, 0.6) is 11.5 Å². The van der Waals surface area contributed by atoms with Gasteiger partial charge in [0.1, 0.15) is 6.54 Å². The van der Waals surface area contributed by atoms with Crippen LogP contribution >= 0.6 is 23.6 Å². The highest BCUT2D eigenvalue weighted by molar-refractivity contribution is 7.73. The molecule has 0 spiro atoms. The summed E-state index contributed by atoms with van der Waals surface area (Å²) < 4.78 is 13.3. The van der Waals surface area contributed by atoms with Crippen LogP contribution in [0.2, 0.25) is 0 Å². The molecule has 0 saturated carbocycles. The van der Waals surface area contributed by atoms with Crippen molar-refractivity contribution in [2.24, 2.45) is 0 Å². The Morgan fingerprint density at radius 2 is 1.96 bits per heavy atom. The Bertz CT molecular complexity index is 1070. The molecule has 1 aliphatic rings. The third-order valence-electron chi connectivity index (χ3n) is 4.71. The van der Waals surface area contributed by atoms with E-state index in [2.05, 4.69) is 36.5 Å². The summed E-state index contributed by atoms with van der Waals surface area (Å²) in [5.41, 5.74) is 4.17. The van der Waals surface area contributed by atoms with Gasteiger partial charge in [-0.15, -0.1) is 11.3 Å². The van der Waals surface area contributed by atoms with E-state index in [1.165, 1.54) is 16.9 Å². The van der Waals surface area contributed by atoms with Crippen LogP contribution in [0.4, 0.5) is 0 Å². The number of aryl methyl sites for hydroxylation is 1. The lowest BCUT2D eigenvalue weighted by Gasteiger charge is -2.16. The lowest BCUT2D eigenvalue weighted by atomic mass is 10.1. The summed E-state index contributed by atoms with van der Waals surface area (Å²) in [4.78, 5) is 12.7. The van der Waals surface area contributed by atoms with E-state index in [0.717, 1.165) is 22.6 Å². The van der Waals surface area contributed by atoms with Gasteiger partial charge in [0.15, 0.2) is 15.5 Å². The number of thiazole rings is 1. The number of aromatic nitrogens is 1. The zero-order valence-electron chi connectivity index (χ0n) is 15.6. The molecule has 7 heteroatoms. The van der Waals surface area contributed by atoms with Gasteiger partial charge in [-0.25, -0.2) is 0 Å². The third kappa shape index (κ3) is 3.81. The first-order valence-corrected chi connectivity index (χ1v) is 10.2. The highest BCUT2D eigenvalue weighted by atomic mass is 32.1. The predicted molar refractivity (Wildman–Crippen MR) is 112 cm³/mol. The number of hydrogen-bond donors (Lipinski definition) is 1. The normalized spacial score (nSPS) is 13.4. The molecule has 4 rings (SSSR count). The van der Waals surface area contributed by atoms with Crippen LogP contribution in [0.3, 0.4) is 0 Å². The fourth-order valence-electron chi connectivity index (χ4n) is 3.13. The van der Waals surface area contributed by atoms with E-state index in [9.17, 15) is 4.79 Å². The van der Waals surface area contributed by atoms with E-state index in [1.807, 2.05) is 35.1 Å². The maximum absolute atomic E-state index is 12.7. The van der Waals surface area contributed by atoms with E-state index in [1.54, 1.807) is 0 Å². The van der Waals surface area contributed by atoms with Crippen LogP contribution in [0.25, 0.3) is 11.3 Å². The molecule has 28 heavy (non-hydrogen) atoms. The highest BCUT2D eigenvalue weighted by Crippen LogP contribution is 2.34. The summed E-state index contributed by atoms with van der Waals surface area (Å²) in [7, 11) is 0. The van der Waals surface area contributed by atoms with Crippen molar-refractivity contribution in [3.63, 3.8) is 0 Å². The summed E-state index contributed by atoms with van der Waals surface area (Å²) in [6.45, 7) is 4.41. The second-order valence-corrected chi connectivity index (χ2v) is 8.24. The van der Waals surface area contributed by atoms with Gasteiger partial charge in [-0.2, -0.15) is 0 Å². The molecule has 0 saturated heterocycles. The topological polar surface area (TPSA) is 52.5 Å². The minimum absolute atomic E-state index is 0.0898. The summed E-state index contributed by atoms with van der Waals surface area (Å²) in [5, 5.41) is 5.04. The van der Waals surface area contributed by atoms with Crippen molar-refractivity contribution in [2.45, 2.75) is 26.4 Å². The van der Waals surface area contributed by atoms with Crippen LogP contribution in [-0.4, -0.2) is 17.3 Å².